The molecule has 0 unspecified atom stereocenters. The molecule has 0 saturated carbocycles. The molecule has 0 amide bonds. The van der Waals surface area contributed by atoms with Gasteiger partial charge in [-0.3, -0.25) is 4.90 Å². The molecule has 102 valence electrons. The molecule has 0 aliphatic rings. The first-order valence-electron chi connectivity index (χ1n) is 6.39. The van der Waals surface area contributed by atoms with E-state index in [1.54, 1.807) is 7.11 Å². The maximum atomic E-state index is 8.90. The molecule has 0 fully saturated rings. The van der Waals surface area contributed by atoms with E-state index in [9.17, 15) is 0 Å². The van der Waals surface area contributed by atoms with Gasteiger partial charge in [-0.1, -0.05) is 18.2 Å². The molecule has 0 radical (unpaired) electrons. The summed E-state index contributed by atoms with van der Waals surface area (Å²) in [6.45, 7) is 1.50. The average Bonchev–Trinajstić information content (AvgIpc) is 2.47. The van der Waals surface area contributed by atoms with Crippen LogP contribution in [-0.2, 0) is 13.1 Å². The normalized spacial score (nSPS) is 10.3. The third kappa shape index (κ3) is 3.81. The van der Waals surface area contributed by atoms with Crippen LogP contribution in [0.3, 0.4) is 0 Å². The monoisotopic (exact) mass is 267 g/mol. The fraction of sp³-hybridized carbons (Fsp3) is 0.250. The van der Waals surface area contributed by atoms with Crippen LogP contribution < -0.4 is 4.74 Å². The molecule has 20 heavy (non-hydrogen) atoms. The van der Waals surface area contributed by atoms with Crippen LogP contribution in [0.4, 0.5) is 0 Å². The summed E-state index contributed by atoms with van der Waals surface area (Å²) >= 11 is 0. The molecule has 4 heteroatoms. The Morgan fingerprint density at radius 2 is 2.00 bits per heavy atom. The van der Waals surface area contributed by atoms with Crippen molar-refractivity contribution in [2.75, 3.05) is 14.2 Å². The van der Waals surface area contributed by atoms with Crippen molar-refractivity contribution in [3.05, 3.63) is 59.3 Å². The summed E-state index contributed by atoms with van der Waals surface area (Å²) in [5.41, 5.74) is 2.77. The first-order chi connectivity index (χ1) is 9.71. The Labute approximate surface area is 119 Å². The number of benzene rings is 1. The summed E-state index contributed by atoms with van der Waals surface area (Å²) in [4.78, 5) is 6.54. The van der Waals surface area contributed by atoms with Gasteiger partial charge in [0.05, 0.1) is 24.4 Å². The Kier molecular flexibility index (Phi) is 4.70. The van der Waals surface area contributed by atoms with Crippen LogP contribution >= 0.6 is 0 Å². The fourth-order valence-electron chi connectivity index (χ4n) is 2.04. The molecule has 0 bridgehead atoms. The molecule has 4 nitrogen and oxygen atoms in total. The Morgan fingerprint density at radius 1 is 1.20 bits per heavy atom. The van der Waals surface area contributed by atoms with Crippen molar-refractivity contribution in [2.24, 2.45) is 0 Å². The molecule has 0 atom stereocenters. The number of methoxy groups -OCH3 is 1. The first-order valence-corrected chi connectivity index (χ1v) is 6.39. The van der Waals surface area contributed by atoms with Gasteiger partial charge in [-0.15, -0.1) is 0 Å². The van der Waals surface area contributed by atoms with E-state index in [1.165, 1.54) is 0 Å². The second-order valence-electron chi connectivity index (χ2n) is 4.66. The van der Waals surface area contributed by atoms with Crippen molar-refractivity contribution in [1.29, 1.82) is 5.26 Å². The largest absolute Gasteiger partial charge is 0.481 e. The number of ether oxygens (including phenoxy) is 1. The Bertz CT molecular complexity index is 619. The van der Waals surface area contributed by atoms with Crippen LogP contribution in [0.1, 0.15) is 16.8 Å². The first kappa shape index (κ1) is 14.0. The molecule has 1 aromatic heterocycles. The highest BCUT2D eigenvalue weighted by atomic mass is 16.5. The maximum Gasteiger partial charge on any atom is 0.213 e. The summed E-state index contributed by atoms with van der Waals surface area (Å²) in [5, 5.41) is 8.90. The minimum atomic E-state index is 0.627. The number of nitriles is 1. The summed E-state index contributed by atoms with van der Waals surface area (Å²) in [5.74, 6) is 0.627. The summed E-state index contributed by atoms with van der Waals surface area (Å²) in [6, 6.07) is 15.6. The van der Waals surface area contributed by atoms with Crippen LogP contribution in [0.5, 0.6) is 5.88 Å². The summed E-state index contributed by atoms with van der Waals surface area (Å²) in [7, 11) is 3.64. The van der Waals surface area contributed by atoms with Gasteiger partial charge in [0.1, 0.15) is 0 Å². The number of hydrogen-bond donors (Lipinski definition) is 0. The van der Waals surface area contributed by atoms with Crippen molar-refractivity contribution in [3.8, 4) is 11.9 Å². The molecule has 2 rings (SSSR count). The predicted molar refractivity (Wildman–Crippen MR) is 77.1 cm³/mol. The van der Waals surface area contributed by atoms with Gasteiger partial charge in [-0.25, -0.2) is 4.98 Å². The summed E-state index contributed by atoms with van der Waals surface area (Å²) < 4.78 is 5.12. The highest BCUT2D eigenvalue weighted by Crippen LogP contribution is 2.11. The Morgan fingerprint density at radius 3 is 2.75 bits per heavy atom. The SMILES string of the molecule is COc1cccc(CN(C)Cc2cccc(C#N)c2)n1. The van der Waals surface area contributed by atoms with Gasteiger partial charge < -0.3 is 4.74 Å². The third-order valence-electron chi connectivity index (χ3n) is 2.93. The van der Waals surface area contributed by atoms with E-state index >= 15 is 0 Å². The lowest BCUT2D eigenvalue weighted by Crippen LogP contribution is -2.18. The number of rotatable bonds is 5. The second-order valence-corrected chi connectivity index (χ2v) is 4.66. The van der Waals surface area contributed by atoms with Crippen molar-refractivity contribution < 1.29 is 4.74 Å². The van der Waals surface area contributed by atoms with E-state index in [0.29, 0.717) is 11.4 Å². The van der Waals surface area contributed by atoms with Crippen LogP contribution in [0.2, 0.25) is 0 Å². The zero-order valence-corrected chi connectivity index (χ0v) is 11.7. The molecular formula is C16H17N3O. The van der Waals surface area contributed by atoms with Gasteiger partial charge >= 0.3 is 0 Å². The molecule has 0 saturated heterocycles. The van der Waals surface area contributed by atoms with Crippen molar-refractivity contribution >= 4 is 0 Å². The number of pyridine rings is 1. The minimum Gasteiger partial charge on any atom is -0.481 e. The molecule has 0 aliphatic carbocycles. The highest BCUT2D eigenvalue weighted by molar-refractivity contribution is 5.32. The van der Waals surface area contributed by atoms with E-state index in [0.717, 1.165) is 24.3 Å². The van der Waals surface area contributed by atoms with Crippen molar-refractivity contribution in [2.45, 2.75) is 13.1 Å². The number of nitrogens with zero attached hydrogens (tertiary/aromatic N) is 3. The molecule has 2 aromatic rings. The topological polar surface area (TPSA) is 49.1 Å². The van der Waals surface area contributed by atoms with Gasteiger partial charge in [0.2, 0.25) is 5.88 Å². The van der Waals surface area contributed by atoms with Crippen LogP contribution in [-0.4, -0.2) is 24.0 Å². The van der Waals surface area contributed by atoms with Gasteiger partial charge in [-0.05, 0) is 30.8 Å². The van der Waals surface area contributed by atoms with Crippen LogP contribution in [0.25, 0.3) is 0 Å². The van der Waals surface area contributed by atoms with Crippen LogP contribution in [0.15, 0.2) is 42.5 Å². The summed E-state index contributed by atoms with van der Waals surface area (Å²) in [6.07, 6.45) is 0. The molecule has 1 aromatic carbocycles. The zero-order valence-electron chi connectivity index (χ0n) is 11.7. The van der Waals surface area contributed by atoms with Gasteiger partial charge in [0, 0.05) is 19.2 Å². The minimum absolute atomic E-state index is 0.627. The molecule has 0 aliphatic heterocycles. The molecule has 1 heterocycles. The van der Waals surface area contributed by atoms with E-state index < -0.39 is 0 Å². The van der Waals surface area contributed by atoms with Crippen molar-refractivity contribution in [3.63, 3.8) is 0 Å². The van der Waals surface area contributed by atoms with E-state index in [2.05, 4.69) is 16.0 Å². The standard InChI is InChI=1S/C16H17N3O/c1-19(11-14-6-3-5-13(9-14)10-17)12-15-7-4-8-16(18-15)20-2/h3-9H,11-12H2,1-2H3. The van der Waals surface area contributed by atoms with Gasteiger partial charge in [0.25, 0.3) is 0 Å². The van der Waals surface area contributed by atoms with E-state index in [4.69, 9.17) is 10.00 Å². The van der Waals surface area contributed by atoms with Crippen molar-refractivity contribution in [1.82, 2.24) is 9.88 Å². The Balaban J connectivity index is 2.01. The number of aromatic nitrogens is 1. The lowest BCUT2D eigenvalue weighted by Gasteiger charge is -2.16. The lowest BCUT2D eigenvalue weighted by molar-refractivity contribution is 0.312. The molecule has 0 N–H and O–H groups in total. The lowest BCUT2D eigenvalue weighted by atomic mass is 10.1. The van der Waals surface area contributed by atoms with Gasteiger partial charge in [-0.2, -0.15) is 5.26 Å². The fourth-order valence-corrected chi connectivity index (χ4v) is 2.04. The smallest absolute Gasteiger partial charge is 0.213 e. The van der Waals surface area contributed by atoms with Gasteiger partial charge in [0.15, 0.2) is 0 Å². The predicted octanol–water partition coefficient (Wildman–Crippen LogP) is 2.59. The third-order valence-corrected chi connectivity index (χ3v) is 2.93. The zero-order chi connectivity index (χ0) is 14.4. The number of hydrogen-bond acceptors (Lipinski definition) is 4. The quantitative estimate of drug-likeness (QED) is 0.835. The maximum absolute atomic E-state index is 8.90. The average molecular weight is 267 g/mol. The van der Waals surface area contributed by atoms with Crippen LogP contribution in [0, 0.1) is 11.3 Å². The van der Waals surface area contributed by atoms with E-state index in [1.807, 2.05) is 49.5 Å². The second kappa shape index (κ2) is 6.69. The highest BCUT2D eigenvalue weighted by Gasteiger charge is 2.04. The molecule has 0 spiro atoms. The Hall–Kier alpha value is -2.38. The van der Waals surface area contributed by atoms with E-state index in [-0.39, 0.29) is 0 Å². The molecular weight excluding hydrogens is 250 g/mol.